The Bertz CT molecular complexity index is 451. The molecule has 1 aromatic carbocycles. The summed E-state index contributed by atoms with van der Waals surface area (Å²) in [6, 6.07) is 8.34. The van der Waals surface area contributed by atoms with Crippen LogP contribution in [0.5, 0.6) is 0 Å². The van der Waals surface area contributed by atoms with Gasteiger partial charge in [0.2, 0.25) is 0 Å². The number of hydrogen-bond donors (Lipinski definition) is 1. The van der Waals surface area contributed by atoms with E-state index < -0.39 is 0 Å². The summed E-state index contributed by atoms with van der Waals surface area (Å²) in [5.41, 5.74) is 2.48. The number of aromatic amines is 1. The molecule has 1 heterocycles. The van der Waals surface area contributed by atoms with Crippen LogP contribution >= 0.6 is 11.6 Å². The second kappa shape index (κ2) is 4.45. The van der Waals surface area contributed by atoms with Crippen molar-refractivity contribution in [3.63, 3.8) is 0 Å². The average Bonchev–Trinajstić information content (AvgIpc) is 2.65. The lowest BCUT2D eigenvalue weighted by atomic mass is 10.1. The first-order valence-corrected chi connectivity index (χ1v) is 5.33. The summed E-state index contributed by atoms with van der Waals surface area (Å²) in [6.45, 7) is 2.08. The minimum absolute atomic E-state index is 0.352. The molecule has 0 amide bonds. The Morgan fingerprint density at radius 1 is 1.40 bits per heavy atom. The standard InChI is InChI=1S/C11H12ClN3/c1-8-3-2-4-9(5-8)6-10-13-11(7-12)15-14-10/h2-5H,6-7H2,1H3,(H,13,14,15). The topological polar surface area (TPSA) is 41.6 Å². The molecule has 78 valence electrons. The third-order valence-corrected chi connectivity index (χ3v) is 2.39. The van der Waals surface area contributed by atoms with Crippen molar-refractivity contribution in [2.24, 2.45) is 0 Å². The van der Waals surface area contributed by atoms with Crippen molar-refractivity contribution in [2.45, 2.75) is 19.2 Å². The minimum Gasteiger partial charge on any atom is -0.263 e. The fraction of sp³-hybridized carbons (Fsp3) is 0.273. The second-order valence-electron chi connectivity index (χ2n) is 3.50. The van der Waals surface area contributed by atoms with Gasteiger partial charge in [-0.15, -0.1) is 11.6 Å². The highest BCUT2D eigenvalue weighted by molar-refractivity contribution is 6.16. The molecule has 2 rings (SSSR count). The molecule has 3 nitrogen and oxygen atoms in total. The molecule has 0 aliphatic heterocycles. The zero-order valence-electron chi connectivity index (χ0n) is 8.50. The summed E-state index contributed by atoms with van der Waals surface area (Å²) in [7, 11) is 0. The first kappa shape index (κ1) is 10.2. The maximum Gasteiger partial charge on any atom is 0.165 e. The lowest BCUT2D eigenvalue weighted by Crippen LogP contribution is -1.91. The third kappa shape index (κ3) is 2.57. The lowest BCUT2D eigenvalue weighted by Gasteiger charge is -1.98. The molecule has 0 atom stereocenters. The van der Waals surface area contributed by atoms with Gasteiger partial charge in [0.1, 0.15) is 5.82 Å². The van der Waals surface area contributed by atoms with Crippen molar-refractivity contribution in [1.29, 1.82) is 0 Å². The highest BCUT2D eigenvalue weighted by Crippen LogP contribution is 2.08. The molecule has 0 saturated heterocycles. The summed E-state index contributed by atoms with van der Waals surface area (Å²) in [5, 5.41) is 6.86. The molecule has 1 aromatic heterocycles. The quantitative estimate of drug-likeness (QED) is 0.809. The van der Waals surface area contributed by atoms with E-state index in [2.05, 4.69) is 40.3 Å². The van der Waals surface area contributed by atoms with Crippen LogP contribution in [0, 0.1) is 6.92 Å². The van der Waals surface area contributed by atoms with E-state index in [-0.39, 0.29) is 0 Å². The maximum atomic E-state index is 5.62. The van der Waals surface area contributed by atoms with Crippen molar-refractivity contribution < 1.29 is 0 Å². The zero-order chi connectivity index (χ0) is 10.7. The van der Waals surface area contributed by atoms with E-state index in [1.54, 1.807) is 0 Å². The van der Waals surface area contributed by atoms with Crippen LogP contribution in [-0.2, 0) is 12.3 Å². The third-order valence-electron chi connectivity index (χ3n) is 2.15. The van der Waals surface area contributed by atoms with E-state index in [0.717, 1.165) is 12.2 Å². The zero-order valence-corrected chi connectivity index (χ0v) is 9.25. The van der Waals surface area contributed by atoms with Crippen LogP contribution in [0.15, 0.2) is 24.3 Å². The molecule has 0 fully saturated rings. The Hall–Kier alpha value is -1.35. The van der Waals surface area contributed by atoms with Crippen molar-refractivity contribution in [3.05, 3.63) is 47.0 Å². The van der Waals surface area contributed by atoms with Crippen LogP contribution in [0.4, 0.5) is 0 Å². The normalized spacial score (nSPS) is 10.5. The summed E-state index contributed by atoms with van der Waals surface area (Å²) < 4.78 is 0. The molecule has 1 N–H and O–H groups in total. The van der Waals surface area contributed by atoms with Gasteiger partial charge in [0.15, 0.2) is 5.82 Å². The van der Waals surface area contributed by atoms with Crippen molar-refractivity contribution in [3.8, 4) is 0 Å². The predicted molar refractivity (Wildman–Crippen MR) is 59.9 cm³/mol. The van der Waals surface area contributed by atoms with Gasteiger partial charge < -0.3 is 0 Å². The Balaban J connectivity index is 2.14. The number of alkyl halides is 1. The van der Waals surface area contributed by atoms with Gasteiger partial charge in [-0.2, -0.15) is 5.10 Å². The molecule has 0 aliphatic rings. The molecule has 2 aromatic rings. The van der Waals surface area contributed by atoms with E-state index in [4.69, 9.17) is 11.6 Å². The summed E-state index contributed by atoms with van der Waals surface area (Å²) in [5.74, 6) is 1.86. The largest absolute Gasteiger partial charge is 0.263 e. The number of rotatable bonds is 3. The second-order valence-corrected chi connectivity index (χ2v) is 3.77. The van der Waals surface area contributed by atoms with Crippen LogP contribution in [0.25, 0.3) is 0 Å². The fourth-order valence-electron chi connectivity index (χ4n) is 1.49. The number of benzene rings is 1. The van der Waals surface area contributed by atoms with E-state index in [1.165, 1.54) is 11.1 Å². The lowest BCUT2D eigenvalue weighted by molar-refractivity contribution is 0.967. The monoisotopic (exact) mass is 221 g/mol. The molecular weight excluding hydrogens is 210 g/mol. The fourth-order valence-corrected chi connectivity index (χ4v) is 1.61. The summed E-state index contributed by atoms with van der Waals surface area (Å²) in [6.07, 6.45) is 0.769. The molecule has 0 bridgehead atoms. The van der Waals surface area contributed by atoms with Crippen LogP contribution in [0.2, 0.25) is 0 Å². The average molecular weight is 222 g/mol. The number of halogens is 1. The Kier molecular flexibility index (Phi) is 3.02. The van der Waals surface area contributed by atoms with Gasteiger partial charge in [-0.25, -0.2) is 4.98 Å². The molecule has 15 heavy (non-hydrogen) atoms. The van der Waals surface area contributed by atoms with E-state index >= 15 is 0 Å². The number of hydrogen-bond acceptors (Lipinski definition) is 2. The van der Waals surface area contributed by atoms with Crippen molar-refractivity contribution in [2.75, 3.05) is 0 Å². The first-order chi connectivity index (χ1) is 7.28. The molecule has 4 heteroatoms. The van der Waals surface area contributed by atoms with Gasteiger partial charge in [0, 0.05) is 6.42 Å². The van der Waals surface area contributed by atoms with Crippen molar-refractivity contribution >= 4 is 11.6 Å². The SMILES string of the molecule is Cc1cccc(Cc2nc(CCl)n[nH]2)c1. The number of nitrogens with one attached hydrogen (secondary N) is 1. The van der Waals surface area contributed by atoms with Gasteiger partial charge in [-0.3, -0.25) is 5.10 Å². The Labute approximate surface area is 93.5 Å². The van der Waals surface area contributed by atoms with Crippen LogP contribution < -0.4 is 0 Å². The van der Waals surface area contributed by atoms with E-state index in [1.807, 2.05) is 6.07 Å². The maximum absolute atomic E-state index is 5.62. The van der Waals surface area contributed by atoms with Gasteiger partial charge in [-0.05, 0) is 12.5 Å². The van der Waals surface area contributed by atoms with Gasteiger partial charge in [0.25, 0.3) is 0 Å². The van der Waals surface area contributed by atoms with Gasteiger partial charge >= 0.3 is 0 Å². The number of nitrogens with zero attached hydrogens (tertiary/aromatic N) is 2. The Morgan fingerprint density at radius 3 is 2.93 bits per heavy atom. The molecular formula is C11H12ClN3. The number of H-pyrrole nitrogens is 1. The highest BCUT2D eigenvalue weighted by atomic mass is 35.5. The van der Waals surface area contributed by atoms with Crippen LogP contribution in [-0.4, -0.2) is 15.2 Å². The summed E-state index contributed by atoms with van der Waals surface area (Å²) in [4.78, 5) is 4.26. The van der Waals surface area contributed by atoms with Gasteiger partial charge in [-0.1, -0.05) is 29.8 Å². The van der Waals surface area contributed by atoms with Crippen LogP contribution in [0.1, 0.15) is 22.8 Å². The number of aromatic nitrogens is 3. The Morgan fingerprint density at radius 2 is 2.27 bits per heavy atom. The summed E-state index contributed by atoms with van der Waals surface area (Å²) >= 11 is 5.62. The minimum atomic E-state index is 0.352. The number of aryl methyl sites for hydroxylation is 1. The van der Waals surface area contributed by atoms with E-state index in [0.29, 0.717) is 11.7 Å². The molecule has 0 saturated carbocycles. The van der Waals surface area contributed by atoms with Crippen LogP contribution in [0.3, 0.4) is 0 Å². The van der Waals surface area contributed by atoms with Gasteiger partial charge in [0.05, 0.1) is 5.88 Å². The molecule has 0 spiro atoms. The smallest absolute Gasteiger partial charge is 0.165 e. The van der Waals surface area contributed by atoms with E-state index in [9.17, 15) is 0 Å². The molecule has 0 unspecified atom stereocenters. The molecule has 0 radical (unpaired) electrons. The predicted octanol–water partition coefficient (Wildman–Crippen LogP) is 2.44. The highest BCUT2D eigenvalue weighted by Gasteiger charge is 2.02. The van der Waals surface area contributed by atoms with Crippen molar-refractivity contribution in [1.82, 2.24) is 15.2 Å². The first-order valence-electron chi connectivity index (χ1n) is 4.79. The molecule has 0 aliphatic carbocycles.